The van der Waals surface area contributed by atoms with Crippen LogP contribution in [0.3, 0.4) is 0 Å². The van der Waals surface area contributed by atoms with E-state index in [9.17, 15) is 4.79 Å². The summed E-state index contributed by atoms with van der Waals surface area (Å²) in [5.41, 5.74) is 1.22. The van der Waals surface area contributed by atoms with Crippen molar-refractivity contribution in [3.63, 3.8) is 0 Å². The molecule has 24 heavy (non-hydrogen) atoms. The first-order valence-electron chi connectivity index (χ1n) is 9.31. The first-order valence-corrected chi connectivity index (χ1v) is 9.31. The van der Waals surface area contributed by atoms with Crippen LogP contribution in [-0.4, -0.2) is 38.3 Å². The third kappa shape index (κ3) is 5.13. The molecule has 0 saturated heterocycles. The van der Waals surface area contributed by atoms with Crippen LogP contribution in [0.1, 0.15) is 44.1 Å². The van der Waals surface area contributed by atoms with Crippen LogP contribution in [-0.2, 0) is 11.2 Å². The van der Waals surface area contributed by atoms with Gasteiger partial charge in [-0.05, 0) is 30.5 Å². The number of quaternary nitrogens is 1. The molecule has 0 radical (unpaired) electrons. The molecule has 1 aliphatic carbocycles. The van der Waals surface area contributed by atoms with E-state index in [1.54, 1.807) is 0 Å². The van der Waals surface area contributed by atoms with E-state index in [0.29, 0.717) is 25.8 Å². The standard InChI is InChI=1S/C19H28N2O3/c22-19(21-16-5-3-1-2-4-6-16)14-20-10-9-15-7-8-17-18(13-15)24-12-11-23-17/h7-8,13,16,20H,1-6,9-12,14H2,(H,21,22)/p+1. The topological polar surface area (TPSA) is 64.2 Å². The predicted molar refractivity (Wildman–Crippen MR) is 92.4 cm³/mol. The Morgan fingerprint density at radius 3 is 2.62 bits per heavy atom. The van der Waals surface area contributed by atoms with Gasteiger partial charge in [-0.15, -0.1) is 0 Å². The van der Waals surface area contributed by atoms with E-state index in [0.717, 1.165) is 37.3 Å². The fourth-order valence-electron chi connectivity index (χ4n) is 3.46. The van der Waals surface area contributed by atoms with Crippen LogP contribution >= 0.6 is 0 Å². The Morgan fingerprint density at radius 2 is 1.83 bits per heavy atom. The molecule has 0 unspecified atom stereocenters. The minimum atomic E-state index is 0.170. The number of amides is 1. The van der Waals surface area contributed by atoms with Gasteiger partial charge in [0.15, 0.2) is 18.0 Å². The molecule has 1 fully saturated rings. The van der Waals surface area contributed by atoms with E-state index in [-0.39, 0.29) is 5.91 Å². The highest BCUT2D eigenvalue weighted by molar-refractivity contribution is 5.77. The fourth-order valence-corrected chi connectivity index (χ4v) is 3.46. The summed E-state index contributed by atoms with van der Waals surface area (Å²) < 4.78 is 11.1. The Hall–Kier alpha value is -1.75. The van der Waals surface area contributed by atoms with E-state index in [2.05, 4.69) is 16.7 Å². The molecule has 3 N–H and O–H groups in total. The SMILES string of the molecule is O=C(C[NH2+]CCc1ccc2c(c1)OCCO2)NC1CCCCCC1. The third-order valence-corrected chi connectivity index (χ3v) is 4.79. The average Bonchev–Trinajstić information content (AvgIpc) is 2.87. The first-order chi connectivity index (χ1) is 11.8. The Morgan fingerprint density at radius 1 is 1.08 bits per heavy atom. The molecule has 1 aromatic rings. The molecule has 3 rings (SSSR count). The number of rotatable bonds is 6. The molecule has 0 bridgehead atoms. The highest BCUT2D eigenvalue weighted by Gasteiger charge is 2.15. The summed E-state index contributed by atoms with van der Waals surface area (Å²) in [6.45, 7) is 2.65. The van der Waals surface area contributed by atoms with E-state index in [4.69, 9.17) is 9.47 Å². The summed E-state index contributed by atoms with van der Waals surface area (Å²) in [6, 6.07) is 6.50. The van der Waals surface area contributed by atoms with Gasteiger partial charge in [-0.3, -0.25) is 4.79 Å². The van der Waals surface area contributed by atoms with Crippen molar-refractivity contribution in [3.05, 3.63) is 23.8 Å². The smallest absolute Gasteiger partial charge is 0.275 e. The van der Waals surface area contributed by atoms with Crippen molar-refractivity contribution in [2.75, 3.05) is 26.3 Å². The summed E-state index contributed by atoms with van der Waals surface area (Å²) in [5, 5.41) is 5.28. The van der Waals surface area contributed by atoms with Crippen molar-refractivity contribution in [2.45, 2.75) is 51.0 Å². The molecular formula is C19H29N2O3+. The van der Waals surface area contributed by atoms with Crippen LogP contribution in [0.2, 0.25) is 0 Å². The van der Waals surface area contributed by atoms with Crippen LogP contribution in [0.5, 0.6) is 11.5 Å². The second-order valence-electron chi connectivity index (χ2n) is 6.77. The summed E-state index contributed by atoms with van der Waals surface area (Å²) >= 11 is 0. The van der Waals surface area contributed by atoms with Crippen LogP contribution in [0.25, 0.3) is 0 Å². The number of carbonyl (C=O) groups is 1. The zero-order valence-corrected chi connectivity index (χ0v) is 14.4. The minimum Gasteiger partial charge on any atom is -0.486 e. The number of nitrogens with one attached hydrogen (secondary N) is 1. The van der Waals surface area contributed by atoms with Crippen molar-refractivity contribution in [2.24, 2.45) is 0 Å². The van der Waals surface area contributed by atoms with Gasteiger partial charge in [0.25, 0.3) is 5.91 Å². The molecular weight excluding hydrogens is 304 g/mol. The van der Waals surface area contributed by atoms with E-state index in [1.807, 2.05) is 12.1 Å². The maximum Gasteiger partial charge on any atom is 0.275 e. The number of ether oxygens (including phenoxy) is 2. The summed E-state index contributed by atoms with van der Waals surface area (Å²) in [5.74, 6) is 1.84. The van der Waals surface area contributed by atoms with Crippen molar-refractivity contribution >= 4 is 5.91 Å². The molecule has 1 amide bonds. The highest BCUT2D eigenvalue weighted by Crippen LogP contribution is 2.30. The zero-order valence-electron chi connectivity index (χ0n) is 14.4. The van der Waals surface area contributed by atoms with E-state index < -0.39 is 0 Å². The van der Waals surface area contributed by atoms with E-state index in [1.165, 1.54) is 31.2 Å². The number of hydrogen-bond donors (Lipinski definition) is 2. The summed E-state index contributed by atoms with van der Waals surface area (Å²) in [4.78, 5) is 12.0. The van der Waals surface area contributed by atoms with Crippen LogP contribution < -0.4 is 20.1 Å². The van der Waals surface area contributed by atoms with Gasteiger partial charge in [-0.25, -0.2) is 0 Å². The number of fused-ring (bicyclic) bond motifs is 1. The molecule has 5 heteroatoms. The number of benzene rings is 1. The summed E-state index contributed by atoms with van der Waals surface area (Å²) in [7, 11) is 0. The Labute approximate surface area is 144 Å². The predicted octanol–water partition coefficient (Wildman–Crippen LogP) is 1.40. The largest absolute Gasteiger partial charge is 0.486 e. The molecule has 0 spiro atoms. The zero-order chi connectivity index (χ0) is 16.6. The molecule has 0 atom stereocenters. The Bertz CT molecular complexity index is 539. The van der Waals surface area contributed by atoms with Gasteiger partial charge in [-0.2, -0.15) is 0 Å². The molecule has 1 heterocycles. The van der Waals surface area contributed by atoms with Gasteiger partial charge in [-0.1, -0.05) is 31.7 Å². The van der Waals surface area contributed by atoms with Crippen molar-refractivity contribution < 1.29 is 19.6 Å². The monoisotopic (exact) mass is 333 g/mol. The van der Waals surface area contributed by atoms with Crippen LogP contribution in [0.15, 0.2) is 18.2 Å². The first kappa shape index (κ1) is 17.1. The lowest BCUT2D eigenvalue weighted by atomic mass is 10.1. The fraction of sp³-hybridized carbons (Fsp3) is 0.632. The second kappa shape index (κ2) is 8.92. The van der Waals surface area contributed by atoms with Crippen molar-refractivity contribution in [1.82, 2.24) is 5.32 Å². The van der Waals surface area contributed by atoms with Gasteiger partial charge < -0.3 is 20.1 Å². The van der Waals surface area contributed by atoms with Crippen molar-refractivity contribution in [1.29, 1.82) is 0 Å². The Balaban J connectivity index is 1.35. The quantitative estimate of drug-likeness (QED) is 0.611. The highest BCUT2D eigenvalue weighted by atomic mass is 16.6. The van der Waals surface area contributed by atoms with Crippen LogP contribution in [0, 0.1) is 0 Å². The molecule has 1 aliphatic heterocycles. The molecule has 1 saturated carbocycles. The van der Waals surface area contributed by atoms with Gasteiger partial charge in [0.2, 0.25) is 0 Å². The lowest BCUT2D eigenvalue weighted by molar-refractivity contribution is -0.643. The maximum absolute atomic E-state index is 12.0. The van der Waals surface area contributed by atoms with Gasteiger partial charge in [0, 0.05) is 12.5 Å². The molecule has 5 nitrogen and oxygen atoms in total. The number of nitrogens with two attached hydrogens (primary N) is 1. The third-order valence-electron chi connectivity index (χ3n) is 4.79. The van der Waals surface area contributed by atoms with Gasteiger partial charge in [0.1, 0.15) is 13.2 Å². The lowest BCUT2D eigenvalue weighted by Gasteiger charge is -2.18. The van der Waals surface area contributed by atoms with Crippen LogP contribution in [0.4, 0.5) is 0 Å². The summed E-state index contributed by atoms with van der Waals surface area (Å²) in [6.07, 6.45) is 8.33. The average molecular weight is 333 g/mol. The minimum absolute atomic E-state index is 0.170. The normalized spacial score (nSPS) is 18.0. The van der Waals surface area contributed by atoms with Gasteiger partial charge in [0.05, 0.1) is 6.54 Å². The van der Waals surface area contributed by atoms with Gasteiger partial charge >= 0.3 is 0 Å². The molecule has 132 valence electrons. The lowest BCUT2D eigenvalue weighted by Crippen LogP contribution is -2.87. The second-order valence-corrected chi connectivity index (χ2v) is 6.77. The number of hydrogen-bond acceptors (Lipinski definition) is 3. The maximum atomic E-state index is 12.0. The van der Waals surface area contributed by atoms with E-state index >= 15 is 0 Å². The molecule has 1 aromatic carbocycles. The molecule has 2 aliphatic rings. The molecule has 0 aromatic heterocycles. The van der Waals surface area contributed by atoms with Crippen molar-refractivity contribution in [3.8, 4) is 11.5 Å². The Kier molecular flexibility index (Phi) is 6.35. The number of carbonyl (C=O) groups excluding carboxylic acids is 1.